The van der Waals surface area contributed by atoms with E-state index in [0.29, 0.717) is 0 Å². The van der Waals surface area contributed by atoms with Crippen molar-refractivity contribution < 1.29 is 0 Å². The lowest BCUT2D eigenvalue weighted by Crippen LogP contribution is -2.65. The van der Waals surface area contributed by atoms with Crippen molar-refractivity contribution in [1.82, 2.24) is 10.0 Å². The molecule has 2 heteroatoms. The number of nitrogens with zero attached hydrogens (tertiary/aromatic N) is 2. The first-order valence-electron chi connectivity index (χ1n) is 15.7. The molecule has 0 atom stereocenters. The smallest absolute Gasteiger partial charge is 0.112 e. The van der Waals surface area contributed by atoms with Gasteiger partial charge in [-0.25, -0.2) is 10.0 Å². The summed E-state index contributed by atoms with van der Waals surface area (Å²) in [6.45, 7) is 1.95. The Balaban J connectivity index is 1.73. The van der Waals surface area contributed by atoms with Crippen LogP contribution in [0.3, 0.4) is 0 Å². The zero-order chi connectivity index (χ0) is 29.7. The lowest BCUT2D eigenvalue weighted by Gasteiger charge is -2.58. The van der Waals surface area contributed by atoms with Gasteiger partial charge in [-0.05, 0) is 46.2 Å². The van der Waals surface area contributed by atoms with Crippen LogP contribution in [-0.2, 0) is 11.1 Å². The molecule has 1 saturated heterocycles. The second kappa shape index (κ2) is 12.5. The molecule has 0 saturated carbocycles. The Hall–Kier alpha value is -4.76. The van der Waals surface area contributed by atoms with Crippen LogP contribution in [0.25, 0.3) is 0 Å². The van der Waals surface area contributed by atoms with Crippen molar-refractivity contribution in [2.45, 2.75) is 23.9 Å². The van der Waals surface area contributed by atoms with Gasteiger partial charge in [-0.3, -0.25) is 0 Å². The number of rotatable bonds is 9. The summed E-state index contributed by atoms with van der Waals surface area (Å²) < 4.78 is 0. The van der Waals surface area contributed by atoms with Gasteiger partial charge in [0.05, 0.1) is 0 Å². The van der Waals surface area contributed by atoms with Crippen LogP contribution in [0.5, 0.6) is 0 Å². The number of hydrazine groups is 1. The lowest BCUT2D eigenvalue weighted by atomic mass is 9.69. The molecule has 0 N–H and O–H groups in total. The van der Waals surface area contributed by atoms with Crippen LogP contribution >= 0.6 is 0 Å². The standard InChI is InChI=1S/C42H38N2/c1-7-21-35(22-8-1)41(36-23-9-2-10-24-36,37-25-11-3-12-26-37)44(43-33-19-20-34-43)42(38-27-13-4-14-28-38,39-29-15-5-16-30-39)40-31-17-6-18-32-40/h1-18,21-32H,19-20,33-34H2. The monoisotopic (exact) mass is 570 g/mol. The van der Waals surface area contributed by atoms with E-state index in [9.17, 15) is 0 Å². The Labute approximate surface area is 261 Å². The number of hydrogen-bond acceptors (Lipinski definition) is 2. The highest BCUT2D eigenvalue weighted by molar-refractivity contribution is 5.56. The zero-order valence-corrected chi connectivity index (χ0v) is 25.0. The summed E-state index contributed by atoms with van der Waals surface area (Å²) in [6.07, 6.45) is 2.30. The molecule has 6 aromatic carbocycles. The van der Waals surface area contributed by atoms with Crippen molar-refractivity contribution in [1.29, 1.82) is 0 Å². The van der Waals surface area contributed by atoms with E-state index in [1.807, 2.05) is 0 Å². The third-order valence-corrected chi connectivity index (χ3v) is 9.15. The third kappa shape index (κ3) is 4.68. The van der Waals surface area contributed by atoms with Gasteiger partial charge in [-0.1, -0.05) is 182 Å². The summed E-state index contributed by atoms with van der Waals surface area (Å²) >= 11 is 0. The number of benzene rings is 6. The molecule has 7 rings (SSSR count). The van der Waals surface area contributed by atoms with E-state index in [1.54, 1.807) is 0 Å². The summed E-state index contributed by atoms with van der Waals surface area (Å²) in [7, 11) is 0. The van der Waals surface area contributed by atoms with E-state index >= 15 is 0 Å². The van der Waals surface area contributed by atoms with Crippen molar-refractivity contribution in [3.05, 3.63) is 215 Å². The minimum absolute atomic E-state index is 0.685. The summed E-state index contributed by atoms with van der Waals surface area (Å²) in [5, 5.41) is 5.42. The molecule has 1 aliphatic heterocycles. The highest BCUT2D eigenvalue weighted by Gasteiger charge is 2.56. The molecule has 0 spiro atoms. The molecule has 1 aliphatic rings. The van der Waals surface area contributed by atoms with E-state index in [0.717, 1.165) is 25.9 Å². The minimum Gasteiger partial charge on any atom is -0.239 e. The lowest BCUT2D eigenvalue weighted by molar-refractivity contribution is -0.124. The molecular weight excluding hydrogens is 532 g/mol. The van der Waals surface area contributed by atoms with Crippen LogP contribution in [0.2, 0.25) is 0 Å². The molecule has 1 heterocycles. The highest BCUT2D eigenvalue weighted by atomic mass is 15.7. The van der Waals surface area contributed by atoms with Crippen molar-refractivity contribution >= 4 is 0 Å². The Morgan fingerprint density at radius 1 is 0.318 bits per heavy atom. The van der Waals surface area contributed by atoms with E-state index in [1.165, 1.54) is 33.4 Å². The fourth-order valence-corrected chi connectivity index (χ4v) is 7.39. The summed E-state index contributed by atoms with van der Waals surface area (Å²) in [6, 6.07) is 66.8. The second-order valence-electron chi connectivity index (χ2n) is 11.6. The third-order valence-electron chi connectivity index (χ3n) is 9.15. The van der Waals surface area contributed by atoms with Gasteiger partial charge in [0.2, 0.25) is 0 Å². The van der Waals surface area contributed by atoms with E-state index in [2.05, 4.69) is 192 Å². The molecular formula is C42H38N2. The first-order chi connectivity index (χ1) is 21.9. The molecule has 44 heavy (non-hydrogen) atoms. The molecule has 0 aromatic heterocycles. The Kier molecular flexibility index (Phi) is 7.94. The van der Waals surface area contributed by atoms with Crippen LogP contribution in [-0.4, -0.2) is 23.1 Å². The fraction of sp³-hybridized carbons (Fsp3) is 0.143. The molecule has 0 amide bonds. The molecule has 0 aliphatic carbocycles. The SMILES string of the molecule is c1ccc(C(c2ccccc2)(c2ccccc2)N(N2CCCC2)C(c2ccccc2)(c2ccccc2)c2ccccc2)cc1. The highest BCUT2D eigenvalue weighted by Crippen LogP contribution is 2.54. The topological polar surface area (TPSA) is 6.48 Å². The Bertz CT molecular complexity index is 1410. The van der Waals surface area contributed by atoms with Crippen molar-refractivity contribution in [2.75, 3.05) is 13.1 Å². The van der Waals surface area contributed by atoms with Crippen LogP contribution in [0, 0.1) is 0 Å². The quantitative estimate of drug-likeness (QED) is 0.160. The maximum Gasteiger partial charge on any atom is 0.112 e. The average Bonchev–Trinajstić information content (AvgIpc) is 3.66. The van der Waals surface area contributed by atoms with Crippen molar-refractivity contribution in [3.8, 4) is 0 Å². The molecule has 6 aromatic rings. The van der Waals surface area contributed by atoms with Gasteiger partial charge in [0, 0.05) is 13.1 Å². The van der Waals surface area contributed by atoms with Crippen molar-refractivity contribution in [2.24, 2.45) is 0 Å². The molecule has 216 valence electrons. The largest absolute Gasteiger partial charge is 0.239 e. The molecule has 0 unspecified atom stereocenters. The first-order valence-corrected chi connectivity index (χ1v) is 15.7. The van der Waals surface area contributed by atoms with Crippen LogP contribution in [0.15, 0.2) is 182 Å². The normalized spacial score (nSPS) is 14.1. The Morgan fingerprint density at radius 2 is 0.523 bits per heavy atom. The van der Waals surface area contributed by atoms with Gasteiger partial charge in [0.25, 0.3) is 0 Å². The van der Waals surface area contributed by atoms with E-state index < -0.39 is 11.1 Å². The van der Waals surface area contributed by atoms with Crippen LogP contribution < -0.4 is 0 Å². The predicted molar refractivity (Wildman–Crippen MR) is 181 cm³/mol. The van der Waals surface area contributed by atoms with Crippen LogP contribution in [0.1, 0.15) is 46.2 Å². The maximum atomic E-state index is 2.77. The molecule has 2 nitrogen and oxygen atoms in total. The average molecular weight is 571 g/mol. The van der Waals surface area contributed by atoms with Gasteiger partial charge >= 0.3 is 0 Å². The second-order valence-corrected chi connectivity index (χ2v) is 11.6. The van der Waals surface area contributed by atoms with Gasteiger partial charge in [0.1, 0.15) is 11.1 Å². The molecule has 0 radical (unpaired) electrons. The predicted octanol–water partition coefficient (Wildman–Crippen LogP) is 9.28. The molecule has 1 fully saturated rings. The van der Waals surface area contributed by atoms with Gasteiger partial charge in [-0.2, -0.15) is 0 Å². The van der Waals surface area contributed by atoms with E-state index in [4.69, 9.17) is 0 Å². The summed E-state index contributed by atoms with van der Waals surface area (Å²) in [5.74, 6) is 0. The van der Waals surface area contributed by atoms with E-state index in [-0.39, 0.29) is 0 Å². The maximum absolute atomic E-state index is 2.77. The van der Waals surface area contributed by atoms with Gasteiger partial charge in [-0.15, -0.1) is 0 Å². The van der Waals surface area contributed by atoms with Crippen LogP contribution in [0.4, 0.5) is 0 Å². The summed E-state index contributed by atoms with van der Waals surface area (Å²) in [5.41, 5.74) is 6.03. The number of hydrogen-bond donors (Lipinski definition) is 0. The Morgan fingerprint density at radius 3 is 0.727 bits per heavy atom. The van der Waals surface area contributed by atoms with Crippen molar-refractivity contribution in [3.63, 3.8) is 0 Å². The van der Waals surface area contributed by atoms with Gasteiger partial charge < -0.3 is 0 Å². The minimum atomic E-state index is -0.685. The molecule has 0 bridgehead atoms. The fourth-order valence-electron chi connectivity index (χ4n) is 7.39. The van der Waals surface area contributed by atoms with Gasteiger partial charge in [0.15, 0.2) is 0 Å². The first kappa shape index (κ1) is 28.0. The zero-order valence-electron chi connectivity index (χ0n) is 25.0. The summed E-state index contributed by atoms with van der Waals surface area (Å²) in [4.78, 5) is 0.